The highest BCUT2D eigenvalue weighted by molar-refractivity contribution is 5.30. The van der Waals surface area contributed by atoms with Gasteiger partial charge in [0.05, 0.1) is 11.7 Å². The van der Waals surface area contributed by atoms with Crippen molar-refractivity contribution < 1.29 is 4.39 Å². The number of hydrogen-bond donors (Lipinski definition) is 2. The Labute approximate surface area is 110 Å². The van der Waals surface area contributed by atoms with E-state index in [9.17, 15) is 9.18 Å². The number of aromatic amines is 1. The van der Waals surface area contributed by atoms with Crippen molar-refractivity contribution in [2.75, 3.05) is 0 Å². The first-order chi connectivity index (χ1) is 8.99. The minimum absolute atomic E-state index is 0.191. The molecule has 0 radical (unpaired) electrons. The minimum atomic E-state index is -0.593. The van der Waals surface area contributed by atoms with E-state index >= 15 is 0 Å². The Bertz CT molecular complexity index is 619. The molecule has 5 heteroatoms. The van der Waals surface area contributed by atoms with Gasteiger partial charge in [-0.05, 0) is 29.7 Å². The van der Waals surface area contributed by atoms with Gasteiger partial charge in [0.1, 0.15) is 5.82 Å². The summed E-state index contributed by atoms with van der Waals surface area (Å²) in [7, 11) is 0. The van der Waals surface area contributed by atoms with E-state index < -0.39 is 6.04 Å². The minimum Gasteiger partial charge on any atom is -0.320 e. The predicted molar refractivity (Wildman–Crippen MR) is 71.4 cm³/mol. The fourth-order valence-corrected chi connectivity index (χ4v) is 1.81. The van der Waals surface area contributed by atoms with E-state index in [1.807, 2.05) is 13.8 Å². The standard InChI is InChI=1S/C14H16FN3O/c1-8(2)12-7-11(14(19)18-17-12)13(16)9-3-5-10(15)6-4-9/h3-8,13H,16H2,1-2H3,(H,18,19). The maximum atomic E-state index is 12.9. The van der Waals surface area contributed by atoms with Crippen LogP contribution in [-0.4, -0.2) is 10.2 Å². The lowest BCUT2D eigenvalue weighted by Gasteiger charge is -2.13. The van der Waals surface area contributed by atoms with Crippen LogP contribution < -0.4 is 11.3 Å². The van der Waals surface area contributed by atoms with Crippen LogP contribution in [0.2, 0.25) is 0 Å². The summed E-state index contributed by atoms with van der Waals surface area (Å²) in [5.74, 6) is -0.140. The zero-order valence-corrected chi connectivity index (χ0v) is 10.9. The molecule has 0 fully saturated rings. The molecule has 0 bridgehead atoms. The molecule has 1 atom stereocenters. The van der Waals surface area contributed by atoms with E-state index in [1.165, 1.54) is 12.1 Å². The molecule has 0 aliphatic heterocycles. The van der Waals surface area contributed by atoms with Crippen molar-refractivity contribution in [3.8, 4) is 0 Å². The number of nitrogens with zero attached hydrogens (tertiary/aromatic N) is 1. The van der Waals surface area contributed by atoms with Crippen LogP contribution in [0.3, 0.4) is 0 Å². The van der Waals surface area contributed by atoms with E-state index in [1.54, 1.807) is 18.2 Å². The van der Waals surface area contributed by atoms with Crippen molar-refractivity contribution in [2.24, 2.45) is 5.73 Å². The summed E-state index contributed by atoms with van der Waals surface area (Å²) in [6.45, 7) is 3.96. The average Bonchev–Trinajstić information content (AvgIpc) is 2.39. The molecule has 0 spiro atoms. The number of halogens is 1. The van der Waals surface area contributed by atoms with E-state index in [0.717, 1.165) is 5.69 Å². The van der Waals surface area contributed by atoms with Crippen LogP contribution in [0.4, 0.5) is 4.39 Å². The summed E-state index contributed by atoms with van der Waals surface area (Å²) >= 11 is 0. The largest absolute Gasteiger partial charge is 0.320 e. The summed E-state index contributed by atoms with van der Waals surface area (Å²) in [4.78, 5) is 11.8. The van der Waals surface area contributed by atoms with Gasteiger partial charge in [0.25, 0.3) is 5.56 Å². The number of nitrogens with two attached hydrogens (primary N) is 1. The highest BCUT2D eigenvalue weighted by Crippen LogP contribution is 2.19. The van der Waals surface area contributed by atoms with Crippen LogP contribution in [0.15, 0.2) is 35.1 Å². The van der Waals surface area contributed by atoms with E-state index in [2.05, 4.69) is 10.2 Å². The third kappa shape index (κ3) is 2.88. The van der Waals surface area contributed by atoms with Gasteiger partial charge in [0, 0.05) is 5.56 Å². The summed E-state index contributed by atoms with van der Waals surface area (Å²) < 4.78 is 12.9. The summed E-state index contributed by atoms with van der Waals surface area (Å²) in [5, 5.41) is 6.43. The summed E-state index contributed by atoms with van der Waals surface area (Å²) in [6.07, 6.45) is 0. The molecule has 0 aliphatic carbocycles. The van der Waals surface area contributed by atoms with Gasteiger partial charge >= 0.3 is 0 Å². The number of benzene rings is 1. The second-order valence-electron chi connectivity index (χ2n) is 4.76. The van der Waals surface area contributed by atoms with Crippen LogP contribution in [0.25, 0.3) is 0 Å². The Morgan fingerprint density at radius 2 is 1.89 bits per heavy atom. The summed E-state index contributed by atoms with van der Waals surface area (Å²) in [6, 6.07) is 6.92. The molecule has 1 aromatic carbocycles. The van der Waals surface area contributed by atoms with Crippen molar-refractivity contribution in [2.45, 2.75) is 25.8 Å². The first-order valence-corrected chi connectivity index (χ1v) is 6.09. The second-order valence-corrected chi connectivity index (χ2v) is 4.76. The Morgan fingerprint density at radius 3 is 2.47 bits per heavy atom. The molecule has 3 N–H and O–H groups in total. The van der Waals surface area contributed by atoms with Crippen LogP contribution in [0, 0.1) is 5.82 Å². The smallest absolute Gasteiger partial charge is 0.269 e. The first-order valence-electron chi connectivity index (χ1n) is 6.09. The van der Waals surface area contributed by atoms with E-state index in [0.29, 0.717) is 11.1 Å². The molecular weight excluding hydrogens is 245 g/mol. The Hall–Kier alpha value is -2.01. The third-order valence-electron chi connectivity index (χ3n) is 3.01. The molecule has 0 saturated heterocycles. The van der Waals surface area contributed by atoms with Gasteiger partial charge < -0.3 is 5.73 Å². The van der Waals surface area contributed by atoms with Crippen molar-refractivity contribution in [3.05, 3.63) is 63.3 Å². The molecule has 2 rings (SSSR count). The fourth-order valence-electron chi connectivity index (χ4n) is 1.81. The number of aromatic nitrogens is 2. The zero-order chi connectivity index (χ0) is 14.0. The number of H-pyrrole nitrogens is 1. The Morgan fingerprint density at radius 1 is 1.26 bits per heavy atom. The number of hydrogen-bond acceptors (Lipinski definition) is 3. The van der Waals surface area contributed by atoms with Crippen molar-refractivity contribution in [3.63, 3.8) is 0 Å². The average molecular weight is 261 g/mol. The van der Waals surface area contributed by atoms with Crippen LogP contribution >= 0.6 is 0 Å². The lowest BCUT2D eigenvalue weighted by molar-refractivity contribution is 0.626. The lowest BCUT2D eigenvalue weighted by Crippen LogP contribution is -2.24. The molecule has 4 nitrogen and oxygen atoms in total. The van der Waals surface area contributed by atoms with Crippen LogP contribution in [-0.2, 0) is 0 Å². The van der Waals surface area contributed by atoms with Crippen molar-refractivity contribution >= 4 is 0 Å². The van der Waals surface area contributed by atoms with Gasteiger partial charge in [-0.1, -0.05) is 26.0 Å². The molecule has 1 unspecified atom stereocenters. The van der Waals surface area contributed by atoms with E-state index in [-0.39, 0.29) is 17.3 Å². The van der Waals surface area contributed by atoms with Gasteiger partial charge in [-0.25, -0.2) is 9.49 Å². The van der Waals surface area contributed by atoms with Crippen LogP contribution in [0.1, 0.15) is 42.6 Å². The topological polar surface area (TPSA) is 71.8 Å². The SMILES string of the molecule is CC(C)c1cc(C(N)c2ccc(F)cc2)c(=O)[nH]n1. The number of nitrogens with one attached hydrogen (secondary N) is 1. The van der Waals surface area contributed by atoms with Crippen LogP contribution in [0.5, 0.6) is 0 Å². The molecule has 1 heterocycles. The number of rotatable bonds is 3. The van der Waals surface area contributed by atoms with Crippen molar-refractivity contribution in [1.82, 2.24) is 10.2 Å². The van der Waals surface area contributed by atoms with Gasteiger partial charge in [-0.15, -0.1) is 0 Å². The fraction of sp³-hybridized carbons (Fsp3) is 0.286. The van der Waals surface area contributed by atoms with Crippen molar-refractivity contribution in [1.29, 1.82) is 0 Å². The third-order valence-corrected chi connectivity index (χ3v) is 3.01. The first kappa shape index (κ1) is 13.4. The van der Waals surface area contributed by atoms with E-state index in [4.69, 9.17) is 5.73 Å². The zero-order valence-electron chi connectivity index (χ0n) is 10.9. The highest BCUT2D eigenvalue weighted by atomic mass is 19.1. The molecule has 19 heavy (non-hydrogen) atoms. The normalized spacial score (nSPS) is 12.7. The molecule has 100 valence electrons. The maximum absolute atomic E-state index is 12.9. The molecule has 2 aromatic rings. The molecule has 0 aliphatic rings. The van der Waals surface area contributed by atoms with Gasteiger partial charge in [-0.2, -0.15) is 5.10 Å². The predicted octanol–water partition coefficient (Wildman–Crippen LogP) is 2.08. The van der Waals surface area contributed by atoms with Gasteiger partial charge in [-0.3, -0.25) is 4.79 Å². The lowest BCUT2D eigenvalue weighted by atomic mass is 9.99. The highest BCUT2D eigenvalue weighted by Gasteiger charge is 2.15. The molecular formula is C14H16FN3O. The molecule has 0 amide bonds. The van der Waals surface area contributed by atoms with Gasteiger partial charge in [0.2, 0.25) is 0 Å². The maximum Gasteiger partial charge on any atom is 0.269 e. The van der Waals surface area contributed by atoms with Gasteiger partial charge in [0.15, 0.2) is 0 Å². The quantitative estimate of drug-likeness (QED) is 0.888. The molecule has 0 saturated carbocycles. The Kier molecular flexibility index (Phi) is 3.76. The molecule has 1 aromatic heterocycles. The Balaban J connectivity index is 2.43. The monoisotopic (exact) mass is 261 g/mol. The summed E-state index contributed by atoms with van der Waals surface area (Å²) in [5.41, 5.74) is 7.64. The second kappa shape index (κ2) is 5.32.